The van der Waals surface area contributed by atoms with Gasteiger partial charge in [-0.2, -0.15) is 0 Å². The molecule has 2 unspecified atom stereocenters. The normalized spacial score (nSPS) is 17.5. The summed E-state index contributed by atoms with van der Waals surface area (Å²) in [5, 5.41) is 5.92. The number of hydrogen-bond acceptors (Lipinski definition) is 6. The summed E-state index contributed by atoms with van der Waals surface area (Å²) in [6, 6.07) is 23.0. The number of benzodiazepines with no additional fused rings is 1. The number of carbonyl (C=O) groups is 1. The fourth-order valence-electron chi connectivity index (χ4n) is 3.35. The van der Waals surface area contributed by atoms with Crippen LogP contribution in [0, 0.1) is 5.82 Å². The summed E-state index contributed by atoms with van der Waals surface area (Å²) in [5.74, 6) is 5.31. The van der Waals surface area contributed by atoms with E-state index in [2.05, 4.69) is 21.1 Å². The highest BCUT2D eigenvalue weighted by molar-refractivity contribution is 6.16. The molecular formula is C23H22FN5O2. The molecule has 0 saturated carbocycles. The first-order chi connectivity index (χ1) is 15.2. The van der Waals surface area contributed by atoms with Crippen molar-refractivity contribution in [2.45, 2.75) is 18.9 Å². The number of para-hydroxylation sites is 1. The average molecular weight is 419 g/mol. The smallest absolute Gasteiger partial charge is 0.409 e. The maximum absolute atomic E-state index is 14.6. The first kappa shape index (κ1) is 20.5. The van der Waals surface area contributed by atoms with Gasteiger partial charge in [0, 0.05) is 16.8 Å². The lowest BCUT2D eigenvalue weighted by molar-refractivity contribution is 0.134. The van der Waals surface area contributed by atoms with Gasteiger partial charge < -0.3 is 10.1 Å². The van der Waals surface area contributed by atoms with Crippen LogP contribution in [0.3, 0.4) is 0 Å². The Balaban J connectivity index is 1.63. The molecule has 1 aliphatic heterocycles. The summed E-state index contributed by atoms with van der Waals surface area (Å²) in [6.07, 6.45) is -2.19. The topological polar surface area (TPSA) is 101 Å². The van der Waals surface area contributed by atoms with Crippen molar-refractivity contribution in [3.05, 3.63) is 101 Å². The van der Waals surface area contributed by atoms with Crippen LogP contribution in [0.25, 0.3) is 0 Å². The zero-order chi connectivity index (χ0) is 21.6. The molecule has 0 radical (unpaired) electrons. The third-order valence-corrected chi connectivity index (χ3v) is 4.86. The standard InChI is InChI=1S/C23H22FN5O2/c24-18-12-6-4-10-16(18)20-17-11-5-7-13-19(17)26-22(29-25)21(27-20)28-23(30)31-14-15-8-2-1-3-9-15/h1-13,21-22,26,29H,14,25H2,(H,28,30). The zero-order valence-electron chi connectivity index (χ0n) is 16.6. The minimum atomic E-state index is -0.865. The van der Waals surface area contributed by atoms with Crippen LogP contribution in [-0.2, 0) is 11.3 Å². The van der Waals surface area contributed by atoms with Crippen molar-refractivity contribution in [1.29, 1.82) is 0 Å². The fraction of sp³-hybridized carbons (Fsp3) is 0.130. The maximum atomic E-state index is 14.6. The number of nitrogens with two attached hydrogens (primary N) is 1. The Bertz CT molecular complexity index is 1090. The summed E-state index contributed by atoms with van der Waals surface area (Å²) in [4.78, 5) is 17.1. The van der Waals surface area contributed by atoms with Gasteiger partial charge in [0.25, 0.3) is 0 Å². The van der Waals surface area contributed by atoms with Gasteiger partial charge in [-0.1, -0.05) is 60.7 Å². The number of alkyl carbamates (subject to hydrolysis) is 1. The monoisotopic (exact) mass is 419 g/mol. The molecule has 7 nitrogen and oxygen atoms in total. The number of hydrogen-bond donors (Lipinski definition) is 4. The number of halogens is 1. The van der Waals surface area contributed by atoms with Crippen molar-refractivity contribution in [2.75, 3.05) is 5.32 Å². The Hall–Kier alpha value is -3.75. The molecule has 0 bridgehead atoms. The molecule has 0 fully saturated rings. The predicted octanol–water partition coefficient (Wildman–Crippen LogP) is 3.13. The molecule has 0 aromatic heterocycles. The number of amides is 1. The van der Waals surface area contributed by atoms with Gasteiger partial charge in [0.2, 0.25) is 0 Å². The van der Waals surface area contributed by atoms with Crippen LogP contribution < -0.4 is 21.9 Å². The third-order valence-electron chi connectivity index (χ3n) is 4.86. The molecule has 8 heteroatoms. The highest BCUT2D eigenvalue weighted by Gasteiger charge is 2.29. The Morgan fingerprint density at radius 2 is 1.68 bits per heavy atom. The highest BCUT2D eigenvalue weighted by Crippen LogP contribution is 2.26. The van der Waals surface area contributed by atoms with E-state index in [1.165, 1.54) is 6.07 Å². The van der Waals surface area contributed by atoms with E-state index in [-0.39, 0.29) is 6.61 Å². The molecule has 1 heterocycles. The second kappa shape index (κ2) is 9.38. The van der Waals surface area contributed by atoms with Gasteiger partial charge in [-0.3, -0.25) is 16.2 Å². The number of anilines is 1. The zero-order valence-corrected chi connectivity index (χ0v) is 16.6. The SMILES string of the molecule is NNC1Nc2ccccc2C(c2ccccc2F)=NC1NC(=O)OCc1ccccc1. The number of aliphatic imine (C=N–C) groups is 1. The van der Waals surface area contributed by atoms with Crippen LogP contribution >= 0.6 is 0 Å². The molecule has 31 heavy (non-hydrogen) atoms. The van der Waals surface area contributed by atoms with Crippen molar-refractivity contribution in [2.24, 2.45) is 10.8 Å². The second-order valence-corrected chi connectivity index (χ2v) is 6.94. The van der Waals surface area contributed by atoms with Crippen molar-refractivity contribution >= 4 is 17.5 Å². The van der Waals surface area contributed by atoms with E-state index in [4.69, 9.17) is 10.6 Å². The summed E-state index contributed by atoms with van der Waals surface area (Å²) in [6.45, 7) is 0.109. The molecule has 3 aromatic carbocycles. The summed E-state index contributed by atoms with van der Waals surface area (Å²) >= 11 is 0. The molecule has 158 valence electrons. The first-order valence-corrected chi connectivity index (χ1v) is 9.77. The average Bonchev–Trinajstić information content (AvgIpc) is 2.95. The third kappa shape index (κ3) is 4.71. The number of benzene rings is 3. The number of fused-ring (bicyclic) bond motifs is 1. The Labute approximate surface area is 179 Å². The summed E-state index contributed by atoms with van der Waals surface area (Å²) in [7, 11) is 0. The molecular weight excluding hydrogens is 397 g/mol. The Morgan fingerprint density at radius 3 is 2.42 bits per heavy atom. The quantitative estimate of drug-likeness (QED) is 0.376. The maximum Gasteiger partial charge on any atom is 0.409 e. The van der Waals surface area contributed by atoms with E-state index in [1.807, 2.05) is 54.6 Å². The molecule has 0 spiro atoms. The van der Waals surface area contributed by atoms with Gasteiger partial charge in [0.05, 0.1) is 5.71 Å². The van der Waals surface area contributed by atoms with Gasteiger partial charge in [-0.05, 0) is 23.8 Å². The highest BCUT2D eigenvalue weighted by atomic mass is 19.1. The lowest BCUT2D eigenvalue weighted by Crippen LogP contribution is -2.55. The van der Waals surface area contributed by atoms with Crippen LogP contribution in [0.1, 0.15) is 16.7 Å². The largest absolute Gasteiger partial charge is 0.445 e. The van der Waals surface area contributed by atoms with Crippen LogP contribution in [-0.4, -0.2) is 24.1 Å². The van der Waals surface area contributed by atoms with Gasteiger partial charge in [-0.25, -0.2) is 14.6 Å². The van der Waals surface area contributed by atoms with E-state index >= 15 is 0 Å². The number of ether oxygens (including phenoxy) is 1. The van der Waals surface area contributed by atoms with Gasteiger partial charge in [-0.15, -0.1) is 0 Å². The van der Waals surface area contributed by atoms with E-state index < -0.39 is 24.2 Å². The van der Waals surface area contributed by atoms with Crippen molar-refractivity contribution in [1.82, 2.24) is 10.7 Å². The van der Waals surface area contributed by atoms with Crippen molar-refractivity contribution in [3.8, 4) is 0 Å². The minimum Gasteiger partial charge on any atom is -0.445 e. The summed E-state index contributed by atoms with van der Waals surface area (Å²) in [5.41, 5.74) is 5.58. The molecule has 1 amide bonds. The van der Waals surface area contributed by atoms with Gasteiger partial charge in [0.1, 0.15) is 18.6 Å². The Morgan fingerprint density at radius 1 is 1.00 bits per heavy atom. The van der Waals surface area contributed by atoms with E-state index in [0.29, 0.717) is 22.5 Å². The number of carbonyl (C=O) groups excluding carboxylic acids is 1. The molecule has 4 rings (SSSR count). The van der Waals surface area contributed by atoms with Crippen LogP contribution in [0.15, 0.2) is 83.9 Å². The van der Waals surface area contributed by atoms with Crippen molar-refractivity contribution < 1.29 is 13.9 Å². The minimum absolute atomic E-state index is 0.109. The molecule has 3 aromatic rings. The first-order valence-electron chi connectivity index (χ1n) is 9.77. The lowest BCUT2D eigenvalue weighted by atomic mass is 10.0. The van der Waals surface area contributed by atoms with Crippen LogP contribution in [0.2, 0.25) is 0 Å². The Kier molecular flexibility index (Phi) is 6.21. The van der Waals surface area contributed by atoms with E-state index in [0.717, 1.165) is 5.56 Å². The molecule has 0 aliphatic carbocycles. The number of nitrogens with zero attached hydrogens (tertiary/aromatic N) is 1. The van der Waals surface area contributed by atoms with E-state index in [9.17, 15) is 9.18 Å². The second-order valence-electron chi connectivity index (χ2n) is 6.94. The van der Waals surface area contributed by atoms with Gasteiger partial charge in [0.15, 0.2) is 6.17 Å². The summed E-state index contributed by atoms with van der Waals surface area (Å²) < 4.78 is 19.9. The van der Waals surface area contributed by atoms with Crippen LogP contribution in [0.4, 0.5) is 14.9 Å². The van der Waals surface area contributed by atoms with E-state index in [1.54, 1.807) is 18.2 Å². The number of nitrogens with one attached hydrogen (secondary N) is 3. The molecule has 5 N–H and O–H groups in total. The number of hydrazine groups is 1. The van der Waals surface area contributed by atoms with Crippen LogP contribution in [0.5, 0.6) is 0 Å². The molecule has 1 aliphatic rings. The van der Waals surface area contributed by atoms with Crippen molar-refractivity contribution in [3.63, 3.8) is 0 Å². The fourth-order valence-corrected chi connectivity index (χ4v) is 3.35. The molecule has 2 atom stereocenters. The lowest BCUT2D eigenvalue weighted by Gasteiger charge is -2.24. The predicted molar refractivity (Wildman–Crippen MR) is 117 cm³/mol. The number of rotatable bonds is 5. The van der Waals surface area contributed by atoms with Gasteiger partial charge >= 0.3 is 6.09 Å². The molecule has 0 saturated heterocycles.